The second kappa shape index (κ2) is 7.47. The summed E-state index contributed by atoms with van der Waals surface area (Å²) in [6, 6.07) is 13.3. The highest BCUT2D eigenvalue weighted by Gasteiger charge is 2.45. The molecular weight excluding hydrogens is 336 g/mol. The molecule has 1 aromatic heterocycles. The fourth-order valence-corrected chi connectivity index (χ4v) is 4.39. The van der Waals surface area contributed by atoms with Gasteiger partial charge in [0.25, 0.3) is 0 Å². The van der Waals surface area contributed by atoms with E-state index in [0.717, 1.165) is 43.9 Å². The molecule has 2 heterocycles. The molecule has 2 aliphatic rings. The maximum atomic E-state index is 12.4. The van der Waals surface area contributed by atoms with Crippen molar-refractivity contribution in [1.29, 1.82) is 0 Å². The van der Waals surface area contributed by atoms with Gasteiger partial charge in [-0.2, -0.15) is 5.10 Å². The number of rotatable bonds is 6. The van der Waals surface area contributed by atoms with Crippen molar-refractivity contribution in [3.05, 3.63) is 53.3 Å². The van der Waals surface area contributed by atoms with E-state index in [1.54, 1.807) is 4.68 Å². The van der Waals surface area contributed by atoms with Gasteiger partial charge in [-0.3, -0.25) is 9.48 Å². The van der Waals surface area contributed by atoms with Crippen LogP contribution in [0.5, 0.6) is 0 Å². The largest absolute Gasteiger partial charge is 0.352 e. The molecule has 1 N–H and O–H groups in total. The van der Waals surface area contributed by atoms with Gasteiger partial charge in [-0.05, 0) is 51.2 Å². The summed E-state index contributed by atoms with van der Waals surface area (Å²) in [7, 11) is 0. The smallest absolute Gasteiger partial charge is 0.241 e. The Morgan fingerprint density at radius 3 is 2.48 bits per heavy atom. The van der Waals surface area contributed by atoms with Crippen LogP contribution in [-0.4, -0.2) is 46.3 Å². The first-order valence-corrected chi connectivity index (χ1v) is 10.1. The highest BCUT2D eigenvalue weighted by molar-refractivity contribution is 5.76. The number of amides is 1. The number of piperidine rings is 1. The molecule has 2 fully saturated rings. The van der Waals surface area contributed by atoms with E-state index >= 15 is 0 Å². The second-order valence-electron chi connectivity index (χ2n) is 8.35. The third kappa shape index (κ3) is 4.24. The van der Waals surface area contributed by atoms with Crippen molar-refractivity contribution < 1.29 is 4.79 Å². The molecular formula is C22H30N4O. The number of hydrogen-bond acceptors (Lipinski definition) is 3. The zero-order chi connectivity index (χ0) is 18.9. The van der Waals surface area contributed by atoms with Gasteiger partial charge in [0.15, 0.2) is 0 Å². The summed E-state index contributed by atoms with van der Waals surface area (Å²) in [6.45, 7) is 7.56. The minimum atomic E-state index is 0.0719. The fourth-order valence-electron chi connectivity index (χ4n) is 4.39. The Balaban J connectivity index is 1.25. The van der Waals surface area contributed by atoms with Crippen molar-refractivity contribution >= 4 is 5.91 Å². The molecule has 0 bridgehead atoms. The van der Waals surface area contributed by atoms with Gasteiger partial charge in [0.1, 0.15) is 6.54 Å². The Kier molecular flexibility index (Phi) is 5.04. The number of aryl methyl sites for hydroxylation is 2. The van der Waals surface area contributed by atoms with Gasteiger partial charge in [-0.1, -0.05) is 30.3 Å². The molecule has 0 unspecified atom stereocenters. The topological polar surface area (TPSA) is 50.2 Å². The number of nitrogens with zero attached hydrogens (tertiary/aromatic N) is 3. The van der Waals surface area contributed by atoms with Gasteiger partial charge in [0, 0.05) is 36.8 Å². The summed E-state index contributed by atoms with van der Waals surface area (Å²) < 4.78 is 1.79. The van der Waals surface area contributed by atoms with Gasteiger partial charge < -0.3 is 10.2 Å². The lowest BCUT2D eigenvalue weighted by Gasteiger charge is -2.35. The van der Waals surface area contributed by atoms with E-state index in [4.69, 9.17) is 0 Å². The van der Waals surface area contributed by atoms with Crippen LogP contribution in [0.15, 0.2) is 36.4 Å². The lowest BCUT2D eigenvalue weighted by Crippen LogP contribution is -2.47. The van der Waals surface area contributed by atoms with Crippen LogP contribution in [0.2, 0.25) is 0 Å². The van der Waals surface area contributed by atoms with E-state index in [0.29, 0.717) is 12.0 Å². The first-order chi connectivity index (χ1) is 13.0. The Hall–Kier alpha value is -2.14. The third-order valence-electron chi connectivity index (χ3n) is 6.12. The highest BCUT2D eigenvalue weighted by atomic mass is 16.2. The predicted octanol–water partition coefficient (Wildman–Crippen LogP) is 2.81. The molecule has 1 aromatic carbocycles. The average Bonchev–Trinajstić information content (AvgIpc) is 3.37. The minimum absolute atomic E-state index is 0.0719. The standard InChI is InChI=1S/C22H30N4O/c1-17-14-18(2)26(24-17)15-21(27)23-20-8-12-25(13-9-20)16-22(10-11-22)19-6-4-3-5-7-19/h3-7,14,20H,8-13,15-16H2,1-2H3,(H,23,27). The molecule has 1 aliphatic carbocycles. The minimum Gasteiger partial charge on any atom is -0.352 e. The molecule has 0 atom stereocenters. The molecule has 5 nitrogen and oxygen atoms in total. The van der Waals surface area contributed by atoms with Crippen LogP contribution in [0.25, 0.3) is 0 Å². The molecule has 1 saturated carbocycles. The van der Waals surface area contributed by atoms with Gasteiger partial charge in [0.2, 0.25) is 5.91 Å². The van der Waals surface area contributed by atoms with E-state index in [2.05, 4.69) is 45.6 Å². The molecule has 4 rings (SSSR count). The second-order valence-corrected chi connectivity index (χ2v) is 8.35. The fraction of sp³-hybridized carbons (Fsp3) is 0.545. The van der Waals surface area contributed by atoms with Gasteiger partial charge in [0.05, 0.1) is 5.69 Å². The molecule has 0 radical (unpaired) electrons. The number of aromatic nitrogens is 2. The highest BCUT2D eigenvalue weighted by Crippen LogP contribution is 2.48. The maximum Gasteiger partial charge on any atom is 0.241 e. The lowest BCUT2D eigenvalue weighted by atomic mass is 9.94. The molecule has 0 spiro atoms. The van der Waals surface area contributed by atoms with Crippen LogP contribution in [0, 0.1) is 13.8 Å². The Bertz CT molecular complexity index is 786. The number of carbonyl (C=O) groups is 1. The number of hydrogen-bond donors (Lipinski definition) is 1. The Morgan fingerprint density at radius 2 is 1.89 bits per heavy atom. The average molecular weight is 367 g/mol. The number of nitrogens with one attached hydrogen (secondary N) is 1. The summed E-state index contributed by atoms with van der Waals surface area (Å²) in [6.07, 6.45) is 4.67. The van der Waals surface area contributed by atoms with Crippen molar-refractivity contribution in [2.45, 2.75) is 57.5 Å². The Morgan fingerprint density at radius 1 is 1.19 bits per heavy atom. The number of carbonyl (C=O) groups excluding carboxylic acids is 1. The van der Waals surface area contributed by atoms with E-state index in [1.807, 2.05) is 19.9 Å². The van der Waals surface area contributed by atoms with Crippen LogP contribution >= 0.6 is 0 Å². The molecule has 1 saturated heterocycles. The summed E-state index contributed by atoms with van der Waals surface area (Å²) in [5.41, 5.74) is 3.87. The predicted molar refractivity (Wildman–Crippen MR) is 107 cm³/mol. The first-order valence-electron chi connectivity index (χ1n) is 10.1. The zero-order valence-electron chi connectivity index (χ0n) is 16.4. The molecule has 144 valence electrons. The summed E-state index contributed by atoms with van der Waals surface area (Å²) in [5.74, 6) is 0.0719. The SMILES string of the molecule is Cc1cc(C)n(CC(=O)NC2CCN(CC3(c4ccccc4)CC3)CC2)n1. The van der Waals surface area contributed by atoms with Crippen molar-refractivity contribution in [1.82, 2.24) is 20.0 Å². The monoisotopic (exact) mass is 366 g/mol. The van der Waals surface area contributed by atoms with E-state index < -0.39 is 0 Å². The van der Waals surface area contributed by atoms with Gasteiger partial charge >= 0.3 is 0 Å². The summed E-state index contributed by atoms with van der Waals surface area (Å²) in [5, 5.41) is 7.59. The molecule has 27 heavy (non-hydrogen) atoms. The third-order valence-corrected chi connectivity index (χ3v) is 6.12. The van der Waals surface area contributed by atoms with Crippen molar-refractivity contribution in [3.63, 3.8) is 0 Å². The van der Waals surface area contributed by atoms with E-state index in [-0.39, 0.29) is 11.9 Å². The van der Waals surface area contributed by atoms with E-state index in [1.165, 1.54) is 18.4 Å². The van der Waals surface area contributed by atoms with Crippen molar-refractivity contribution in [3.8, 4) is 0 Å². The lowest BCUT2D eigenvalue weighted by molar-refractivity contribution is -0.122. The molecule has 2 aromatic rings. The Labute approximate surface area is 161 Å². The van der Waals surface area contributed by atoms with Crippen LogP contribution in [0.1, 0.15) is 42.6 Å². The van der Waals surface area contributed by atoms with Gasteiger partial charge in [-0.25, -0.2) is 0 Å². The van der Waals surface area contributed by atoms with Crippen molar-refractivity contribution in [2.75, 3.05) is 19.6 Å². The van der Waals surface area contributed by atoms with Crippen LogP contribution in [0.3, 0.4) is 0 Å². The molecule has 1 amide bonds. The molecule has 5 heteroatoms. The normalized spacial score (nSPS) is 19.8. The van der Waals surface area contributed by atoms with E-state index in [9.17, 15) is 4.79 Å². The van der Waals surface area contributed by atoms with Crippen LogP contribution < -0.4 is 5.32 Å². The summed E-state index contributed by atoms with van der Waals surface area (Å²) in [4.78, 5) is 14.9. The van der Waals surface area contributed by atoms with Crippen LogP contribution in [0.4, 0.5) is 0 Å². The summed E-state index contributed by atoms with van der Waals surface area (Å²) >= 11 is 0. The molecule has 1 aliphatic heterocycles. The quantitative estimate of drug-likeness (QED) is 0.855. The number of benzene rings is 1. The van der Waals surface area contributed by atoms with Crippen molar-refractivity contribution in [2.24, 2.45) is 0 Å². The first kappa shape index (κ1) is 18.2. The van der Waals surface area contributed by atoms with Crippen LogP contribution in [-0.2, 0) is 16.8 Å². The number of likely N-dealkylation sites (tertiary alicyclic amines) is 1. The zero-order valence-corrected chi connectivity index (χ0v) is 16.4. The maximum absolute atomic E-state index is 12.4. The van der Waals surface area contributed by atoms with Gasteiger partial charge in [-0.15, -0.1) is 0 Å².